The van der Waals surface area contributed by atoms with Gasteiger partial charge in [-0.3, -0.25) is 14.8 Å². The van der Waals surface area contributed by atoms with E-state index in [-0.39, 0.29) is 5.91 Å². The van der Waals surface area contributed by atoms with Gasteiger partial charge in [0.25, 0.3) is 0 Å². The number of piperidine rings is 1. The van der Waals surface area contributed by atoms with Gasteiger partial charge in [-0.2, -0.15) is 0 Å². The van der Waals surface area contributed by atoms with Crippen molar-refractivity contribution in [2.24, 2.45) is 0 Å². The van der Waals surface area contributed by atoms with Crippen LogP contribution in [0.4, 0.5) is 0 Å². The molecule has 0 saturated carbocycles. The van der Waals surface area contributed by atoms with E-state index in [0.29, 0.717) is 38.8 Å². The predicted octanol–water partition coefficient (Wildman–Crippen LogP) is 3.67. The van der Waals surface area contributed by atoms with Crippen molar-refractivity contribution in [3.8, 4) is 11.3 Å². The molecule has 0 spiro atoms. The molecule has 5 heteroatoms. The molecule has 154 valence electrons. The molecule has 2 aromatic carbocycles. The number of benzene rings is 2. The molecule has 1 fully saturated rings. The lowest BCUT2D eigenvalue weighted by Crippen LogP contribution is -2.47. The minimum atomic E-state index is -0.834. The summed E-state index contributed by atoms with van der Waals surface area (Å²) < 4.78 is 0. The fourth-order valence-corrected chi connectivity index (χ4v) is 3.94. The molecule has 1 aromatic heterocycles. The van der Waals surface area contributed by atoms with Gasteiger partial charge in [0.05, 0.1) is 23.2 Å². The molecule has 1 amide bonds. The molecule has 1 aliphatic rings. The lowest BCUT2D eigenvalue weighted by molar-refractivity contribution is -0.135. The summed E-state index contributed by atoms with van der Waals surface area (Å²) in [5.74, 6) is 0.160. The average Bonchev–Trinajstić information content (AvgIpc) is 2.79. The van der Waals surface area contributed by atoms with Gasteiger partial charge in [-0.15, -0.1) is 0 Å². The van der Waals surface area contributed by atoms with Gasteiger partial charge >= 0.3 is 0 Å². The Morgan fingerprint density at radius 3 is 2.23 bits per heavy atom. The first-order valence-electron chi connectivity index (χ1n) is 10.5. The third-order valence-corrected chi connectivity index (χ3v) is 5.80. The lowest BCUT2D eigenvalue weighted by atomic mass is 9.87. The van der Waals surface area contributed by atoms with E-state index in [9.17, 15) is 9.90 Å². The van der Waals surface area contributed by atoms with Crippen LogP contribution >= 0.6 is 0 Å². The number of nitrogens with zero attached hydrogens (tertiary/aromatic N) is 3. The molecule has 4 rings (SSSR count). The highest BCUT2D eigenvalue weighted by molar-refractivity contribution is 5.76. The van der Waals surface area contributed by atoms with Crippen molar-refractivity contribution in [2.75, 3.05) is 13.1 Å². The highest BCUT2D eigenvalue weighted by Crippen LogP contribution is 2.26. The number of aliphatic hydroxyl groups is 1. The number of likely N-dealkylation sites (tertiary alicyclic amines) is 1. The van der Waals surface area contributed by atoms with Gasteiger partial charge in [-0.05, 0) is 24.8 Å². The van der Waals surface area contributed by atoms with Crippen LogP contribution in [0, 0.1) is 0 Å². The third kappa shape index (κ3) is 5.10. The number of aromatic nitrogens is 2. The highest BCUT2D eigenvalue weighted by atomic mass is 16.3. The molecule has 0 aliphatic carbocycles. The normalized spacial score (nSPS) is 15.7. The summed E-state index contributed by atoms with van der Waals surface area (Å²) in [6.45, 7) is 1.17. The van der Waals surface area contributed by atoms with Crippen LogP contribution in [0.5, 0.6) is 0 Å². The zero-order valence-electron chi connectivity index (χ0n) is 17.1. The van der Waals surface area contributed by atoms with Crippen molar-refractivity contribution in [1.29, 1.82) is 0 Å². The van der Waals surface area contributed by atoms with E-state index in [1.54, 1.807) is 12.4 Å². The minimum absolute atomic E-state index is 0.160. The molecule has 0 radical (unpaired) electrons. The molecule has 1 aliphatic heterocycles. The topological polar surface area (TPSA) is 66.3 Å². The quantitative estimate of drug-likeness (QED) is 0.684. The van der Waals surface area contributed by atoms with E-state index in [2.05, 4.69) is 9.97 Å². The summed E-state index contributed by atoms with van der Waals surface area (Å²) >= 11 is 0. The molecule has 0 bridgehead atoms. The van der Waals surface area contributed by atoms with Crippen LogP contribution in [0.2, 0.25) is 0 Å². The zero-order chi connectivity index (χ0) is 20.8. The van der Waals surface area contributed by atoms with Crippen molar-refractivity contribution in [3.63, 3.8) is 0 Å². The Hall–Kier alpha value is -3.05. The predicted molar refractivity (Wildman–Crippen MR) is 117 cm³/mol. The van der Waals surface area contributed by atoms with Gasteiger partial charge < -0.3 is 10.0 Å². The van der Waals surface area contributed by atoms with E-state index in [4.69, 9.17) is 0 Å². The van der Waals surface area contributed by atoms with Crippen molar-refractivity contribution in [1.82, 2.24) is 14.9 Å². The molecular formula is C25H27N3O2. The van der Waals surface area contributed by atoms with Gasteiger partial charge in [-0.1, -0.05) is 60.7 Å². The van der Waals surface area contributed by atoms with Crippen LogP contribution in [0.15, 0.2) is 73.1 Å². The maximum absolute atomic E-state index is 12.5. The van der Waals surface area contributed by atoms with Gasteiger partial charge in [0, 0.05) is 37.7 Å². The van der Waals surface area contributed by atoms with E-state index in [0.717, 1.165) is 23.4 Å². The van der Waals surface area contributed by atoms with E-state index >= 15 is 0 Å². The Bertz CT molecular complexity index is 951. The van der Waals surface area contributed by atoms with Crippen LogP contribution in [0.1, 0.15) is 30.5 Å². The van der Waals surface area contributed by atoms with Crippen molar-refractivity contribution in [3.05, 3.63) is 84.3 Å². The van der Waals surface area contributed by atoms with Gasteiger partial charge in [-0.25, -0.2) is 0 Å². The van der Waals surface area contributed by atoms with Crippen molar-refractivity contribution in [2.45, 2.75) is 37.7 Å². The van der Waals surface area contributed by atoms with E-state index in [1.165, 1.54) is 5.56 Å². The molecule has 2 heterocycles. The Morgan fingerprint density at radius 1 is 0.933 bits per heavy atom. The first-order valence-corrected chi connectivity index (χ1v) is 10.5. The molecule has 1 saturated heterocycles. The fraction of sp³-hybridized carbons (Fsp3) is 0.320. The number of aryl methyl sites for hydroxylation is 1. The number of carbonyl (C=O) groups excluding carboxylic acids is 1. The van der Waals surface area contributed by atoms with Crippen LogP contribution in [0.25, 0.3) is 11.3 Å². The second-order valence-electron chi connectivity index (χ2n) is 8.03. The zero-order valence-corrected chi connectivity index (χ0v) is 17.1. The summed E-state index contributed by atoms with van der Waals surface area (Å²) in [4.78, 5) is 23.4. The monoisotopic (exact) mass is 401 g/mol. The molecule has 1 N–H and O–H groups in total. The highest BCUT2D eigenvalue weighted by Gasteiger charge is 2.34. The summed E-state index contributed by atoms with van der Waals surface area (Å²) in [5, 5.41) is 11.0. The third-order valence-electron chi connectivity index (χ3n) is 5.80. The van der Waals surface area contributed by atoms with Crippen LogP contribution in [-0.2, 0) is 17.6 Å². The Kier molecular flexibility index (Phi) is 6.19. The lowest BCUT2D eigenvalue weighted by Gasteiger charge is -2.38. The molecule has 30 heavy (non-hydrogen) atoms. The SMILES string of the molecule is O=C(CCc1ccccc1)N1CCC(O)(Cc2cnc(-c3ccccc3)cn2)CC1. The summed E-state index contributed by atoms with van der Waals surface area (Å²) in [6.07, 6.45) is 6.35. The smallest absolute Gasteiger partial charge is 0.222 e. The molecular weight excluding hydrogens is 374 g/mol. The van der Waals surface area contributed by atoms with Gasteiger partial charge in [0.1, 0.15) is 0 Å². The standard InChI is InChI=1S/C25H27N3O2/c29-24(12-11-20-7-3-1-4-8-20)28-15-13-25(30,14-16-28)17-22-18-27-23(19-26-22)21-9-5-2-6-10-21/h1-10,18-19,30H,11-17H2. The number of hydrogen-bond donors (Lipinski definition) is 1. The van der Waals surface area contributed by atoms with E-state index in [1.807, 2.05) is 65.6 Å². The second-order valence-corrected chi connectivity index (χ2v) is 8.03. The molecule has 3 aromatic rings. The molecule has 0 atom stereocenters. The molecule has 0 unspecified atom stereocenters. The maximum Gasteiger partial charge on any atom is 0.222 e. The maximum atomic E-state index is 12.5. The Balaban J connectivity index is 1.29. The largest absolute Gasteiger partial charge is 0.389 e. The number of amides is 1. The summed E-state index contributed by atoms with van der Waals surface area (Å²) in [6, 6.07) is 20.0. The second kappa shape index (κ2) is 9.18. The van der Waals surface area contributed by atoms with Crippen LogP contribution < -0.4 is 0 Å². The van der Waals surface area contributed by atoms with Gasteiger partial charge in [0.15, 0.2) is 0 Å². The van der Waals surface area contributed by atoms with Crippen molar-refractivity contribution >= 4 is 5.91 Å². The summed E-state index contributed by atoms with van der Waals surface area (Å²) in [5.41, 5.74) is 2.97. The molecule has 5 nitrogen and oxygen atoms in total. The van der Waals surface area contributed by atoms with Crippen LogP contribution in [-0.4, -0.2) is 44.6 Å². The minimum Gasteiger partial charge on any atom is -0.389 e. The Labute approximate surface area is 177 Å². The average molecular weight is 402 g/mol. The first kappa shape index (κ1) is 20.2. The number of hydrogen-bond acceptors (Lipinski definition) is 4. The Morgan fingerprint density at radius 2 is 1.60 bits per heavy atom. The summed E-state index contributed by atoms with van der Waals surface area (Å²) in [7, 11) is 0. The number of carbonyl (C=O) groups is 1. The first-order chi connectivity index (χ1) is 14.6. The number of rotatable bonds is 6. The van der Waals surface area contributed by atoms with Gasteiger partial charge in [0.2, 0.25) is 5.91 Å². The van der Waals surface area contributed by atoms with Crippen LogP contribution in [0.3, 0.4) is 0 Å². The van der Waals surface area contributed by atoms with Crippen molar-refractivity contribution < 1.29 is 9.90 Å². The van der Waals surface area contributed by atoms with E-state index < -0.39 is 5.60 Å². The fourth-order valence-electron chi connectivity index (χ4n) is 3.94.